The van der Waals surface area contributed by atoms with E-state index < -0.39 is 15.4 Å². The van der Waals surface area contributed by atoms with Crippen molar-refractivity contribution in [3.63, 3.8) is 0 Å². The summed E-state index contributed by atoms with van der Waals surface area (Å²) in [6.45, 7) is 4.44. The first kappa shape index (κ1) is 17.9. The molecule has 7 heteroatoms. The SMILES string of the molecule is CC(C)(C(=O)N1CCCC(NS(C)(=O)=O)C1)c1cccc(F)c1. The van der Waals surface area contributed by atoms with E-state index in [9.17, 15) is 17.6 Å². The van der Waals surface area contributed by atoms with Gasteiger partial charge in [-0.15, -0.1) is 0 Å². The topological polar surface area (TPSA) is 66.5 Å². The molecule has 0 saturated carbocycles. The first-order chi connectivity index (χ1) is 10.6. The van der Waals surface area contributed by atoms with Crippen LogP contribution in [0.2, 0.25) is 0 Å². The Bertz CT molecular complexity index is 688. The van der Waals surface area contributed by atoms with Gasteiger partial charge in [0.05, 0.1) is 11.7 Å². The highest BCUT2D eigenvalue weighted by Crippen LogP contribution is 2.27. The van der Waals surface area contributed by atoms with Crippen LogP contribution in [0.4, 0.5) is 4.39 Å². The molecule has 1 N–H and O–H groups in total. The van der Waals surface area contributed by atoms with Gasteiger partial charge in [0.2, 0.25) is 15.9 Å². The monoisotopic (exact) mass is 342 g/mol. The fraction of sp³-hybridized carbons (Fsp3) is 0.562. The Balaban J connectivity index is 2.15. The van der Waals surface area contributed by atoms with Gasteiger partial charge >= 0.3 is 0 Å². The number of benzene rings is 1. The van der Waals surface area contributed by atoms with Crippen LogP contribution < -0.4 is 4.72 Å². The number of hydrogen-bond acceptors (Lipinski definition) is 3. The normalized spacial score (nSPS) is 19.7. The summed E-state index contributed by atoms with van der Waals surface area (Å²) in [6.07, 6.45) is 2.56. The van der Waals surface area contributed by atoms with Gasteiger partial charge in [-0.2, -0.15) is 0 Å². The number of carbonyl (C=O) groups is 1. The van der Waals surface area contributed by atoms with Crippen LogP contribution in [0.1, 0.15) is 32.3 Å². The lowest BCUT2D eigenvalue weighted by Gasteiger charge is -2.37. The number of rotatable bonds is 4. The van der Waals surface area contributed by atoms with Crippen molar-refractivity contribution in [1.82, 2.24) is 9.62 Å². The van der Waals surface area contributed by atoms with Gasteiger partial charge in [-0.25, -0.2) is 17.5 Å². The lowest BCUT2D eigenvalue weighted by Crippen LogP contribution is -2.53. The molecule has 1 heterocycles. The zero-order chi connectivity index (χ0) is 17.3. The van der Waals surface area contributed by atoms with Crippen LogP contribution in [0.5, 0.6) is 0 Å². The summed E-state index contributed by atoms with van der Waals surface area (Å²) in [5.41, 5.74) is -0.254. The third-order valence-electron chi connectivity index (χ3n) is 4.17. The number of nitrogens with one attached hydrogen (secondary N) is 1. The Morgan fingerprint density at radius 2 is 2.09 bits per heavy atom. The molecule has 0 bridgehead atoms. The molecular weight excluding hydrogens is 319 g/mol. The number of carbonyl (C=O) groups excluding carboxylic acids is 1. The molecule has 23 heavy (non-hydrogen) atoms. The summed E-state index contributed by atoms with van der Waals surface area (Å²) in [7, 11) is -3.30. The molecular formula is C16H23FN2O3S. The van der Waals surface area contributed by atoms with Crippen LogP contribution >= 0.6 is 0 Å². The number of halogens is 1. The van der Waals surface area contributed by atoms with E-state index in [1.807, 2.05) is 0 Å². The van der Waals surface area contributed by atoms with Crippen LogP contribution in [0.25, 0.3) is 0 Å². The Morgan fingerprint density at radius 3 is 2.70 bits per heavy atom. The van der Waals surface area contributed by atoms with E-state index in [1.165, 1.54) is 12.1 Å². The maximum absolute atomic E-state index is 13.4. The maximum Gasteiger partial charge on any atom is 0.232 e. The Labute approximate surface area is 136 Å². The van der Waals surface area contributed by atoms with Crippen LogP contribution in [0.15, 0.2) is 24.3 Å². The van der Waals surface area contributed by atoms with E-state index in [1.54, 1.807) is 30.9 Å². The zero-order valence-corrected chi connectivity index (χ0v) is 14.5. The van der Waals surface area contributed by atoms with Gasteiger partial charge in [-0.1, -0.05) is 12.1 Å². The molecule has 0 aliphatic carbocycles. The molecule has 2 rings (SSSR count). The van der Waals surface area contributed by atoms with Gasteiger partial charge in [0.25, 0.3) is 0 Å². The highest BCUT2D eigenvalue weighted by atomic mass is 32.2. The van der Waals surface area contributed by atoms with E-state index >= 15 is 0 Å². The fourth-order valence-electron chi connectivity index (χ4n) is 2.96. The standard InChI is InChI=1S/C16H23FN2O3S/c1-16(2,12-6-4-7-13(17)10-12)15(20)19-9-5-8-14(11-19)18-23(3,21)22/h4,6-7,10,14,18H,5,8-9,11H2,1-3H3. The summed E-state index contributed by atoms with van der Waals surface area (Å²) in [6, 6.07) is 5.76. The molecule has 1 aromatic carbocycles. The molecule has 1 saturated heterocycles. The average molecular weight is 342 g/mol. The van der Waals surface area contributed by atoms with E-state index in [0.29, 0.717) is 25.1 Å². The van der Waals surface area contributed by atoms with Crippen molar-refractivity contribution in [2.45, 2.75) is 38.1 Å². The fourth-order valence-corrected chi connectivity index (χ4v) is 3.75. The highest BCUT2D eigenvalue weighted by Gasteiger charge is 2.36. The first-order valence-corrected chi connectivity index (χ1v) is 9.51. The van der Waals surface area contributed by atoms with Crippen molar-refractivity contribution in [3.8, 4) is 0 Å². The second kappa shape index (κ2) is 6.57. The van der Waals surface area contributed by atoms with Gasteiger partial charge in [0.1, 0.15) is 5.82 Å². The molecule has 1 aliphatic rings. The van der Waals surface area contributed by atoms with Crippen molar-refractivity contribution in [1.29, 1.82) is 0 Å². The Kier molecular flexibility index (Phi) is 5.10. The summed E-state index contributed by atoms with van der Waals surface area (Å²) in [5, 5.41) is 0. The zero-order valence-electron chi connectivity index (χ0n) is 13.7. The lowest BCUT2D eigenvalue weighted by atomic mass is 9.82. The van der Waals surface area contributed by atoms with Crippen LogP contribution in [-0.2, 0) is 20.2 Å². The van der Waals surface area contributed by atoms with E-state index in [-0.39, 0.29) is 17.8 Å². The lowest BCUT2D eigenvalue weighted by molar-refractivity contribution is -0.137. The molecule has 1 unspecified atom stereocenters. The van der Waals surface area contributed by atoms with Gasteiger partial charge in [-0.3, -0.25) is 4.79 Å². The molecule has 1 aliphatic heterocycles. The molecule has 1 atom stereocenters. The number of hydrogen-bond donors (Lipinski definition) is 1. The predicted molar refractivity (Wildman–Crippen MR) is 87.0 cm³/mol. The first-order valence-electron chi connectivity index (χ1n) is 7.62. The van der Waals surface area contributed by atoms with Crippen molar-refractivity contribution >= 4 is 15.9 Å². The average Bonchev–Trinajstić information content (AvgIpc) is 2.45. The quantitative estimate of drug-likeness (QED) is 0.905. The van der Waals surface area contributed by atoms with Crippen molar-refractivity contribution in [2.75, 3.05) is 19.3 Å². The van der Waals surface area contributed by atoms with Crippen LogP contribution in [0, 0.1) is 5.82 Å². The number of piperidine rings is 1. The molecule has 0 aromatic heterocycles. The number of sulfonamides is 1. The molecule has 128 valence electrons. The summed E-state index contributed by atoms with van der Waals surface area (Å²) >= 11 is 0. The summed E-state index contributed by atoms with van der Waals surface area (Å²) in [5.74, 6) is -0.498. The van der Waals surface area contributed by atoms with Crippen LogP contribution in [0.3, 0.4) is 0 Å². The molecule has 0 spiro atoms. The van der Waals surface area contributed by atoms with Crippen molar-refractivity contribution in [2.24, 2.45) is 0 Å². The minimum atomic E-state index is -3.30. The van der Waals surface area contributed by atoms with Crippen molar-refractivity contribution in [3.05, 3.63) is 35.6 Å². The second-order valence-corrected chi connectivity index (χ2v) is 8.40. The molecule has 5 nitrogen and oxygen atoms in total. The second-order valence-electron chi connectivity index (χ2n) is 6.62. The summed E-state index contributed by atoms with van der Waals surface area (Å²) in [4.78, 5) is 14.5. The molecule has 1 fully saturated rings. The molecule has 1 aromatic rings. The van der Waals surface area contributed by atoms with Gasteiger partial charge < -0.3 is 4.90 Å². The largest absolute Gasteiger partial charge is 0.340 e. The van der Waals surface area contributed by atoms with Crippen LogP contribution in [-0.4, -0.2) is 44.6 Å². The third-order valence-corrected chi connectivity index (χ3v) is 4.93. The molecule has 0 radical (unpaired) electrons. The minimum absolute atomic E-state index is 0.122. The number of amides is 1. The number of likely N-dealkylation sites (tertiary alicyclic amines) is 1. The third kappa shape index (κ3) is 4.51. The highest BCUT2D eigenvalue weighted by molar-refractivity contribution is 7.88. The predicted octanol–water partition coefficient (Wildman–Crippen LogP) is 1.64. The van der Waals surface area contributed by atoms with Gasteiger partial charge in [-0.05, 0) is 44.4 Å². The van der Waals surface area contributed by atoms with Crippen molar-refractivity contribution < 1.29 is 17.6 Å². The maximum atomic E-state index is 13.4. The van der Waals surface area contributed by atoms with E-state index in [4.69, 9.17) is 0 Å². The van der Waals surface area contributed by atoms with Gasteiger partial charge in [0.15, 0.2) is 0 Å². The summed E-state index contributed by atoms with van der Waals surface area (Å²) < 4.78 is 38.8. The van der Waals surface area contributed by atoms with E-state index in [2.05, 4.69) is 4.72 Å². The number of nitrogens with zero attached hydrogens (tertiary/aromatic N) is 1. The van der Waals surface area contributed by atoms with Gasteiger partial charge in [0, 0.05) is 19.1 Å². The van der Waals surface area contributed by atoms with E-state index in [0.717, 1.165) is 12.7 Å². The minimum Gasteiger partial charge on any atom is -0.340 e. The Hall–Kier alpha value is -1.47. The smallest absolute Gasteiger partial charge is 0.232 e. The molecule has 1 amide bonds. The Morgan fingerprint density at radius 1 is 1.39 bits per heavy atom.